The van der Waals surface area contributed by atoms with Gasteiger partial charge in [0.2, 0.25) is 5.91 Å². The second-order valence-electron chi connectivity index (χ2n) is 7.77. The third-order valence-corrected chi connectivity index (χ3v) is 7.35. The lowest BCUT2D eigenvalue weighted by Crippen LogP contribution is -2.18. The number of alkyl halides is 2. The molecule has 178 valence electrons. The lowest BCUT2D eigenvalue weighted by molar-refractivity contribution is -0.117. The largest absolute Gasteiger partial charge is 0.326 e. The Hall–Kier alpha value is -2.34. The molecule has 0 aromatic heterocycles. The number of hydrogen-bond donors (Lipinski definition) is 2. The maximum atomic E-state index is 13.4. The number of nitrogens with one attached hydrogen (secondary N) is 2. The molecular weight excluding hydrogens is 603 g/mol. The highest BCUT2D eigenvalue weighted by molar-refractivity contribution is 9.10. The summed E-state index contributed by atoms with van der Waals surface area (Å²) in [5, 5.41) is 15.0. The minimum Gasteiger partial charge on any atom is -0.326 e. The van der Waals surface area contributed by atoms with E-state index < -0.39 is 33.8 Å². The molecule has 1 aliphatic carbocycles. The summed E-state index contributed by atoms with van der Waals surface area (Å²) in [6.07, 6.45) is 0. The number of rotatable bonds is 5. The molecule has 0 spiro atoms. The van der Waals surface area contributed by atoms with E-state index in [1.54, 1.807) is 18.2 Å². The average molecular weight is 616 g/mol. The Labute approximate surface area is 228 Å². The number of carbonyl (C=O) groups excluding carboxylic acids is 2. The summed E-state index contributed by atoms with van der Waals surface area (Å²) in [4.78, 5) is 25.8. The van der Waals surface area contributed by atoms with E-state index in [-0.39, 0.29) is 27.5 Å². The summed E-state index contributed by atoms with van der Waals surface area (Å²) in [6, 6.07) is 14.7. The van der Waals surface area contributed by atoms with Gasteiger partial charge in [0.1, 0.15) is 16.2 Å². The van der Waals surface area contributed by atoms with E-state index in [1.165, 1.54) is 24.3 Å². The van der Waals surface area contributed by atoms with Crippen LogP contribution in [-0.4, -0.2) is 16.1 Å². The third kappa shape index (κ3) is 5.42. The first kappa shape index (κ1) is 25.7. The Morgan fingerprint density at radius 1 is 1.03 bits per heavy atom. The highest BCUT2D eigenvalue weighted by atomic mass is 79.9. The van der Waals surface area contributed by atoms with E-state index in [4.69, 9.17) is 46.4 Å². The maximum Gasteiger partial charge on any atom is 0.257 e. The van der Waals surface area contributed by atoms with Crippen molar-refractivity contribution in [1.82, 2.24) is 0 Å². The molecule has 3 aromatic rings. The summed E-state index contributed by atoms with van der Waals surface area (Å²) in [5.41, 5.74) is 1.09. The van der Waals surface area contributed by atoms with E-state index in [0.29, 0.717) is 10.6 Å². The van der Waals surface area contributed by atoms with E-state index in [2.05, 4.69) is 26.6 Å². The fourth-order valence-electron chi connectivity index (χ4n) is 3.73. The molecule has 0 bridgehead atoms. The van der Waals surface area contributed by atoms with Gasteiger partial charge in [0.05, 0.1) is 27.8 Å². The van der Waals surface area contributed by atoms with Crippen LogP contribution < -0.4 is 10.6 Å². The van der Waals surface area contributed by atoms with Crippen LogP contribution in [0.5, 0.6) is 0 Å². The molecule has 5 nitrogen and oxygen atoms in total. The number of nitrogens with zero attached hydrogens (tertiary/aromatic N) is 1. The standard InChI is InChI=1S/C24H13BrCl4FN3O2/c25-13-5-11(6-14(26)8-13)20-21(24(20,28)29)23(35)32-16-2-3-18(27)17(9-16)22(34)33-19-4-1-15(30)7-12(19)10-31/h1-9,20-21H,(H,32,35)(H,33,34)/t20-,21+/m0/s1. The van der Waals surface area contributed by atoms with Gasteiger partial charge in [-0.15, -0.1) is 23.2 Å². The van der Waals surface area contributed by atoms with Crippen molar-refractivity contribution in [3.8, 4) is 6.07 Å². The van der Waals surface area contributed by atoms with Crippen molar-refractivity contribution < 1.29 is 14.0 Å². The molecule has 1 fully saturated rings. The van der Waals surface area contributed by atoms with Crippen molar-refractivity contribution >= 4 is 85.5 Å². The summed E-state index contributed by atoms with van der Waals surface area (Å²) in [7, 11) is 0. The zero-order chi connectivity index (χ0) is 25.5. The topological polar surface area (TPSA) is 82.0 Å². The van der Waals surface area contributed by atoms with Crippen molar-refractivity contribution in [3.05, 3.63) is 91.6 Å². The lowest BCUT2D eigenvalue weighted by Gasteiger charge is -2.11. The van der Waals surface area contributed by atoms with Gasteiger partial charge < -0.3 is 10.6 Å². The van der Waals surface area contributed by atoms with Gasteiger partial charge in [0.15, 0.2) is 0 Å². The molecule has 1 aliphatic rings. The molecule has 4 rings (SSSR count). The van der Waals surface area contributed by atoms with E-state index in [1.807, 2.05) is 6.07 Å². The fourth-order valence-corrected chi connectivity index (χ4v) is 5.64. The number of nitriles is 1. The van der Waals surface area contributed by atoms with Gasteiger partial charge in [-0.05, 0) is 60.2 Å². The molecule has 2 atom stereocenters. The number of halogens is 6. The highest BCUT2D eigenvalue weighted by Gasteiger charge is 2.67. The first-order chi connectivity index (χ1) is 16.5. The minimum atomic E-state index is -1.34. The highest BCUT2D eigenvalue weighted by Crippen LogP contribution is 2.65. The molecule has 3 aromatic carbocycles. The third-order valence-electron chi connectivity index (χ3n) is 5.41. The van der Waals surface area contributed by atoms with E-state index in [0.717, 1.165) is 16.6 Å². The Morgan fingerprint density at radius 2 is 1.77 bits per heavy atom. The molecule has 0 unspecified atom stereocenters. The Morgan fingerprint density at radius 3 is 2.46 bits per heavy atom. The van der Waals surface area contributed by atoms with Gasteiger partial charge in [-0.25, -0.2) is 4.39 Å². The zero-order valence-corrected chi connectivity index (χ0v) is 22.0. The number of carbonyl (C=O) groups is 2. The van der Waals surface area contributed by atoms with Crippen LogP contribution >= 0.6 is 62.3 Å². The van der Waals surface area contributed by atoms with Gasteiger partial charge in [0.25, 0.3) is 5.91 Å². The molecule has 1 saturated carbocycles. The summed E-state index contributed by atoms with van der Waals surface area (Å²) >= 11 is 28.5. The van der Waals surface area contributed by atoms with Crippen LogP contribution in [0, 0.1) is 23.1 Å². The predicted molar refractivity (Wildman–Crippen MR) is 139 cm³/mol. The molecule has 0 radical (unpaired) electrons. The van der Waals surface area contributed by atoms with Crippen LogP contribution in [0.25, 0.3) is 0 Å². The maximum absolute atomic E-state index is 13.4. The summed E-state index contributed by atoms with van der Waals surface area (Å²) < 4.78 is 12.8. The van der Waals surface area contributed by atoms with Crippen LogP contribution in [0.1, 0.15) is 27.4 Å². The lowest BCUT2D eigenvalue weighted by atomic mass is 10.1. The quantitative estimate of drug-likeness (QED) is 0.291. The molecular formula is C24H13BrCl4FN3O2. The Bertz CT molecular complexity index is 1390. The number of hydrogen-bond acceptors (Lipinski definition) is 3. The smallest absolute Gasteiger partial charge is 0.257 e. The molecule has 0 saturated heterocycles. The Balaban J connectivity index is 1.53. The van der Waals surface area contributed by atoms with Gasteiger partial charge >= 0.3 is 0 Å². The summed E-state index contributed by atoms with van der Waals surface area (Å²) in [5.74, 6) is -2.96. The predicted octanol–water partition coefficient (Wildman–Crippen LogP) is 7.54. The molecule has 0 aliphatic heterocycles. The molecule has 11 heteroatoms. The van der Waals surface area contributed by atoms with Crippen LogP contribution in [0.2, 0.25) is 10.0 Å². The SMILES string of the molecule is N#Cc1cc(F)ccc1NC(=O)c1cc(NC(=O)[C@H]2[C@H](c3cc(Cl)cc(Br)c3)C2(Cl)Cl)ccc1Cl. The van der Waals surface area contributed by atoms with E-state index >= 15 is 0 Å². The van der Waals surface area contributed by atoms with Gasteiger partial charge in [-0.1, -0.05) is 39.1 Å². The minimum absolute atomic E-state index is 0.0341. The Kier molecular flexibility index (Phi) is 7.33. The molecule has 2 amide bonds. The van der Waals surface area contributed by atoms with E-state index in [9.17, 15) is 19.2 Å². The molecule has 2 N–H and O–H groups in total. The van der Waals surface area contributed by atoms with Crippen LogP contribution in [-0.2, 0) is 4.79 Å². The first-order valence-electron chi connectivity index (χ1n) is 9.96. The van der Waals surface area contributed by atoms with Crippen molar-refractivity contribution in [2.24, 2.45) is 5.92 Å². The van der Waals surface area contributed by atoms with Crippen LogP contribution in [0.15, 0.2) is 59.1 Å². The summed E-state index contributed by atoms with van der Waals surface area (Å²) in [6.45, 7) is 0. The fraction of sp³-hybridized carbons (Fsp3) is 0.125. The number of anilines is 2. The van der Waals surface area contributed by atoms with Gasteiger partial charge in [-0.2, -0.15) is 5.26 Å². The second-order valence-corrected chi connectivity index (χ2v) is 11.0. The zero-order valence-electron chi connectivity index (χ0n) is 17.4. The monoisotopic (exact) mass is 613 g/mol. The van der Waals surface area contributed by atoms with Gasteiger partial charge in [0, 0.05) is 21.1 Å². The van der Waals surface area contributed by atoms with Gasteiger partial charge in [-0.3, -0.25) is 9.59 Å². The number of benzene rings is 3. The van der Waals surface area contributed by atoms with Crippen LogP contribution in [0.4, 0.5) is 15.8 Å². The van der Waals surface area contributed by atoms with Crippen LogP contribution in [0.3, 0.4) is 0 Å². The van der Waals surface area contributed by atoms with Crippen molar-refractivity contribution in [3.63, 3.8) is 0 Å². The second kappa shape index (κ2) is 9.96. The van der Waals surface area contributed by atoms with Crippen molar-refractivity contribution in [2.75, 3.05) is 10.6 Å². The first-order valence-corrected chi connectivity index (χ1v) is 12.3. The van der Waals surface area contributed by atoms with Crippen molar-refractivity contribution in [2.45, 2.75) is 10.3 Å². The van der Waals surface area contributed by atoms with Crippen molar-refractivity contribution in [1.29, 1.82) is 5.26 Å². The molecule has 0 heterocycles. The number of amides is 2. The normalized spacial score (nSPS) is 17.9. The average Bonchev–Trinajstić information content (AvgIpc) is 3.37. The molecule has 35 heavy (non-hydrogen) atoms.